The molecule has 0 radical (unpaired) electrons. The molecule has 5 nitrogen and oxygen atoms in total. The third-order valence-corrected chi connectivity index (χ3v) is 3.76. The molecule has 116 valence electrons. The monoisotopic (exact) mass is 303 g/mol. The largest absolute Gasteiger partial charge is 0.391 e. The molecule has 2 amide bonds. The molecule has 2 N–H and O–H groups in total. The van der Waals surface area contributed by atoms with Crippen LogP contribution in [0.4, 0.5) is 14.9 Å². The average molecular weight is 303 g/mol. The summed E-state index contributed by atoms with van der Waals surface area (Å²) in [6, 6.07) is 7.79. The molecule has 2 aromatic rings. The van der Waals surface area contributed by atoms with Crippen molar-refractivity contribution in [3.05, 3.63) is 48.5 Å². The number of benzene rings is 1. The lowest BCUT2D eigenvalue weighted by Crippen LogP contribution is -2.44. The molecule has 0 saturated carbocycles. The highest BCUT2D eigenvalue weighted by Gasteiger charge is 2.22. The lowest BCUT2D eigenvalue weighted by molar-refractivity contribution is 0.0883. The fourth-order valence-electron chi connectivity index (χ4n) is 2.63. The molecule has 22 heavy (non-hydrogen) atoms. The molecule has 0 spiro atoms. The average Bonchev–Trinajstić information content (AvgIpc) is 3.03. The zero-order chi connectivity index (χ0) is 15.5. The van der Waals surface area contributed by atoms with Gasteiger partial charge in [0.25, 0.3) is 0 Å². The van der Waals surface area contributed by atoms with Crippen molar-refractivity contribution in [1.29, 1.82) is 0 Å². The first kappa shape index (κ1) is 14.6. The third kappa shape index (κ3) is 3.12. The smallest absolute Gasteiger partial charge is 0.321 e. The minimum Gasteiger partial charge on any atom is -0.391 e. The number of halogens is 1. The van der Waals surface area contributed by atoms with Crippen molar-refractivity contribution in [3.8, 4) is 5.69 Å². The van der Waals surface area contributed by atoms with E-state index in [0.29, 0.717) is 24.5 Å². The summed E-state index contributed by atoms with van der Waals surface area (Å²) in [5.41, 5.74) is 0.900. The van der Waals surface area contributed by atoms with Crippen molar-refractivity contribution in [2.24, 2.45) is 0 Å². The number of likely N-dealkylation sites (tertiary alicyclic amines) is 1. The number of anilines is 1. The van der Waals surface area contributed by atoms with Gasteiger partial charge in [-0.05, 0) is 43.2 Å². The Bertz CT molecular complexity index is 657. The highest BCUT2D eigenvalue weighted by molar-refractivity contribution is 5.89. The number of piperidine rings is 1. The fraction of sp³-hybridized carbons (Fsp3) is 0.312. The Balaban J connectivity index is 1.75. The Morgan fingerprint density at radius 3 is 2.82 bits per heavy atom. The molecule has 0 aliphatic carbocycles. The van der Waals surface area contributed by atoms with Gasteiger partial charge in [0.2, 0.25) is 0 Å². The maximum absolute atomic E-state index is 13.9. The van der Waals surface area contributed by atoms with Gasteiger partial charge < -0.3 is 19.9 Å². The Morgan fingerprint density at radius 1 is 1.32 bits per heavy atom. The number of rotatable bonds is 2. The number of nitrogens with one attached hydrogen (secondary N) is 1. The molecule has 1 saturated heterocycles. The Hall–Kier alpha value is -2.34. The first-order valence-corrected chi connectivity index (χ1v) is 7.30. The molecule has 1 fully saturated rings. The molecule has 3 rings (SSSR count). The number of carbonyl (C=O) groups excluding carboxylic acids is 1. The van der Waals surface area contributed by atoms with Crippen LogP contribution >= 0.6 is 0 Å². The van der Waals surface area contributed by atoms with E-state index in [-0.39, 0.29) is 11.8 Å². The molecule has 1 aliphatic heterocycles. The predicted molar refractivity (Wildman–Crippen MR) is 81.6 cm³/mol. The van der Waals surface area contributed by atoms with Crippen LogP contribution in [-0.2, 0) is 0 Å². The van der Waals surface area contributed by atoms with Gasteiger partial charge in [-0.1, -0.05) is 0 Å². The third-order valence-electron chi connectivity index (χ3n) is 3.76. The van der Waals surface area contributed by atoms with E-state index in [2.05, 4.69) is 5.32 Å². The molecular weight excluding hydrogens is 285 g/mol. The van der Waals surface area contributed by atoms with Crippen LogP contribution in [0.25, 0.3) is 5.69 Å². The lowest BCUT2D eigenvalue weighted by atomic mass is 10.1. The van der Waals surface area contributed by atoms with E-state index in [1.54, 1.807) is 40.1 Å². The summed E-state index contributed by atoms with van der Waals surface area (Å²) in [5, 5.41) is 12.4. The molecule has 2 heterocycles. The number of hydrogen-bond acceptors (Lipinski definition) is 2. The number of amides is 2. The van der Waals surface area contributed by atoms with Crippen LogP contribution in [0, 0.1) is 5.82 Å². The van der Waals surface area contributed by atoms with Crippen molar-refractivity contribution in [2.75, 3.05) is 18.4 Å². The summed E-state index contributed by atoms with van der Waals surface area (Å²) in [6.45, 7) is 0.950. The molecule has 1 aliphatic rings. The van der Waals surface area contributed by atoms with E-state index in [4.69, 9.17) is 0 Å². The molecule has 1 atom stereocenters. The van der Waals surface area contributed by atoms with Gasteiger partial charge in [-0.2, -0.15) is 0 Å². The van der Waals surface area contributed by atoms with Gasteiger partial charge in [0, 0.05) is 31.2 Å². The summed E-state index contributed by atoms with van der Waals surface area (Å²) in [5.74, 6) is -0.359. The van der Waals surface area contributed by atoms with Crippen molar-refractivity contribution in [1.82, 2.24) is 9.47 Å². The van der Waals surface area contributed by atoms with Gasteiger partial charge in [0.1, 0.15) is 5.82 Å². The van der Waals surface area contributed by atoms with Gasteiger partial charge in [-0.25, -0.2) is 9.18 Å². The van der Waals surface area contributed by atoms with E-state index in [1.165, 1.54) is 12.1 Å². The van der Waals surface area contributed by atoms with Crippen LogP contribution in [0.15, 0.2) is 42.7 Å². The maximum Gasteiger partial charge on any atom is 0.321 e. The quantitative estimate of drug-likeness (QED) is 0.896. The van der Waals surface area contributed by atoms with E-state index in [0.717, 1.165) is 12.8 Å². The molecule has 0 bridgehead atoms. The van der Waals surface area contributed by atoms with Crippen LogP contribution in [0.3, 0.4) is 0 Å². The summed E-state index contributed by atoms with van der Waals surface area (Å²) in [7, 11) is 0. The van der Waals surface area contributed by atoms with E-state index in [1.807, 2.05) is 0 Å². The number of urea groups is 1. The molecule has 1 aromatic heterocycles. The van der Waals surface area contributed by atoms with Crippen molar-refractivity contribution in [2.45, 2.75) is 18.9 Å². The Kier molecular flexibility index (Phi) is 4.11. The van der Waals surface area contributed by atoms with Gasteiger partial charge in [0.15, 0.2) is 0 Å². The Labute approximate surface area is 128 Å². The zero-order valence-corrected chi connectivity index (χ0v) is 12.1. The van der Waals surface area contributed by atoms with E-state index < -0.39 is 6.10 Å². The minimum absolute atomic E-state index is 0.274. The SMILES string of the molecule is O=C(Nc1ccc(F)c(-n2cccc2)c1)N1CCCC(O)C1. The normalized spacial score (nSPS) is 18.3. The number of aliphatic hydroxyl groups excluding tert-OH is 1. The summed E-state index contributed by atoms with van der Waals surface area (Å²) in [4.78, 5) is 13.8. The lowest BCUT2D eigenvalue weighted by Gasteiger charge is -2.30. The minimum atomic E-state index is -0.469. The second-order valence-corrected chi connectivity index (χ2v) is 5.43. The standard InChI is InChI=1S/C16H18FN3O2/c17-14-6-5-12(10-15(14)19-7-1-2-8-19)18-16(22)20-9-3-4-13(21)11-20/h1-2,5-8,10,13,21H,3-4,9,11H2,(H,18,22). The van der Waals surface area contributed by atoms with Gasteiger partial charge >= 0.3 is 6.03 Å². The highest BCUT2D eigenvalue weighted by atomic mass is 19.1. The zero-order valence-electron chi connectivity index (χ0n) is 12.1. The van der Waals surface area contributed by atoms with Gasteiger partial charge in [-0.3, -0.25) is 0 Å². The van der Waals surface area contributed by atoms with Crippen LogP contribution < -0.4 is 5.32 Å². The number of β-amino-alcohol motifs (C(OH)–C–C–N with tert-alkyl or cyclic N) is 1. The summed E-state index contributed by atoms with van der Waals surface area (Å²) in [6.07, 6.45) is 4.52. The van der Waals surface area contributed by atoms with Crippen molar-refractivity contribution in [3.63, 3.8) is 0 Å². The highest BCUT2D eigenvalue weighted by Crippen LogP contribution is 2.20. The molecule has 1 unspecified atom stereocenters. The molecular formula is C16H18FN3O2. The van der Waals surface area contributed by atoms with Crippen LogP contribution in [0.2, 0.25) is 0 Å². The topological polar surface area (TPSA) is 57.5 Å². The first-order valence-electron chi connectivity index (χ1n) is 7.30. The van der Waals surface area contributed by atoms with E-state index >= 15 is 0 Å². The number of nitrogens with zero attached hydrogens (tertiary/aromatic N) is 2. The van der Waals surface area contributed by atoms with Gasteiger partial charge in [-0.15, -0.1) is 0 Å². The molecule has 6 heteroatoms. The van der Waals surface area contributed by atoms with Crippen LogP contribution in [0.1, 0.15) is 12.8 Å². The number of aromatic nitrogens is 1. The number of hydrogen-bond donors (Lipinski definition) is 2. The fourth-order valence-corrected chi connectivity index (χ4v) is 2.63. The number of carbonyl (C=O) groups is 1. The number of aliphatic hydroxyl groups is 1. The molecule has 1 aromatic carbocycles. The van der Waals surface area contributed by atoms with Crippen molar-refractivity contribution < 1.29 is 14.3 Å². The predicted octanol–water partition coefficient (Wildman–Crippen LogP) is 2.61. The van der Waals surface area contributed by atoms with Gasteiger partial charge in [0.05, 0.1) is 11.8 Å². The first-order chi connectivity index (χ1) is 10.6. The summed E-state index contributed by atoms with van der Waals surface area (Å²) >= 11 is 0. The van der Waals surface area contributed by atoms with Crippen LogP contribution in [-0.4, -0.2) is 39.8 Å². The van der Waals surface area contributed by atoms with E-state index in [9.17, 15) is 14.3 Å². The van der Waals surface area contributed by atoms with Crippen LogP contribution in [0.5, 0.6) is 0 Å². The Morgan fingerprint density at radius 2 is 2.09 bits per heavy atom. The van der Waals surface area contributed by atoms with Crippen molar-refractivity contribution >= 4 is 11.7 Å². The maximum atomic E-state index is 13.9. The second-order valence-electron chi connectivity index (χ2n) is 5.43. The second kappa shape index (κ2) is 6.19. The summed E-state index contributed by atoms with van der Waals surface area (Å²) < 4.78 is 15.5.